The average Bonchev–Trinajstić information content (AvgIpc) is 2.32. The van der Waals surface area contributed by atoms with Crippen LogP contribution in [0.1, 0.15) is 20.8 Å². The van der Waals surface area contributed by atoms with E-state index in [9.17, 15) is 0 Å². The molecule has 2 N–H and O–H groups in total. The number of hydrogen-bond acceptors (Lipinski definition) is 5. The minimum absolute atomic E-state index is 0.110. The Bertz CT molecular complexity index is 610. The van der Waals surface area contributed by atoms with Gasteiger partial charge in [-0.3, -0.25) is 0 Å². The van der Waals surface area contributed by atoms with Gasteiger partial charge in [0.25, 0.3) is 0 Å². The van der Waals surface area contributed by atoms with Crippen LogP contribution in [0.5, 0.6) is 0 Å². The highest BCUT2D eigenvalue weighted by atomic mass is 35.5. The Kier molecular flexibility index (Phi) is 4.30. The fourth-order valence-corrected chi connectivity index (χ4v) is 1.85. The second-order valence-electron chi connectivity index (χ2n) is 5.29. The molecule has 0 aliphatic carbocycles. The number of benzene rings is 1. The Morgan fingerprint density at radius 3 is 2.60 bits per heavy atom. The summed E-state index contributed by atoms with van der Waals surface area (Å²) in [5.41, 5.74) is 0.523. The fourth-order valence-electron chi connectivity index (χ4n) is 1.51. The smallest absolute Gasteiger partial charge is 0.249 e. The summed E-state index contributed by atoms with van der Waals surface area (Å²) >= 11 is 12.0. The molecular weight excluding hydrogens is 297 g/mol. The van der Waals surface area contributed by atoms with Crippen molar-refractivity contribution in [2.75, 3.05) is 10.6 Å². The van der Waals surface area contributed by atoms with E-state index in [0.29, 0.717) is 27.5 Å². The van der Waals surface area contributed by atoms with Gasteiger partial charge in [0.2, 0.25) is 5.95 Å². The molecule has 0 fully saturated rings. The summed E-state index contributed by atoms with van der Waals surface area (Å²) in [5, 5.41) is 15.2. The second kappa shape index (κ2) is 5.81. The number of nitrogens with zero attached hydrogens (tertiary/aromatic N) is 3. The van der Waals surface area contributed by atoms with Crippen molar-refractivity contribution in [3.63, 3.8) is 0 Å². The van der Waals surface area contributed by atoms with Crippen LogP contribution in [0.4, 0.5) is 17.5 Å². The summed E-state index contributed by atoms with van der Waals surface area (Å²) in [6.07, 6.45) is 1.57. The maximum Gasteiger partial charge on any atom is 0.249 e. The number of rotatable bonds is 3. The molecule has 5 nitrogen and oxygen atoms in total. The van der Waals surface area contributed by atoms with Gasteiger partial charge in [0.05, 0.1) is 16.9 Å². The molecule has 20 heavy (non-hydrogen) atoms. The molecule has 2 rings (SSSR count). The highest BCUT2D eigenvalue weighted by molar-refractivity contribution is 6.35. The van der Waals surface area contributed by atoms with Crippen molar-refractivity contribution < 1.29 is 0 Å². The first-order valence-electron chi connectivity index (χ1n) is 6.03. The first-order valence-corrected chi connectivity index (χ1v) is 6.79. The molecule has 1 aromatic carbocycles. The number of anilines is 3. The van der Waals surface area contributed by atoms with E-state index >= 15 is 0 Å². The first kappa shape index (κ1) is 14.8. The van der Waals surface area contributed by atoms with Gasteiger partial charge in [0, 0.05) is 10.6 Å². The third-order valence-electron chi connectivity index (χ3n) is 2.24. The van der Waals surface area contributed by atoms with Crippen molar-refractivity contribution in [3.8, 4) is 0 Å². The number of aromatic nitrogens is 3. The Hall–Kier alpha value is -1.59. The quantitative estimate of drug-likeness (QED) is 0.892. The minimum Gasteiger partial charge on any atom is -0.364 e. The van der Waals surface area contributed by atoms with Crippen LogP contribution < -0.4 is 10.6 Å². The molecule has 1 aromatic heterocycles. The maximum atomic E-state index is 6.08. The van der Waals surface area contributed by atoms with Crippen molar-refractivity contribution in [1.82, 2.24) is 15.2 Å². The van der Waals surface area contributed by atoms with Crippen LogP contribution in [-0.2, 0) is 0 Å². The predicted molar refractivity (Wildman–Crippen MR) is 82.9 cm³/mol. The molecule has 0 radical (unpaired) electrons. The van der Waals surface area contributed by atoms with Crippen molar-refractivity contribution in [3.05, 3.63) is 34.4 Å². The molecule has 0 aliphatic rings. The molecule has 0 amide bonds. The van der Waals surface area contributed by atoms with E-state index in [1.54, 1.807) is 24.4 Å². The first-order chi connectivity index (χ1) is 9.33. The molecular formula is C13H15Cl2N5. The van der Waals surface area contributed by atoms with Gasteiger partial charge in [0.15, 0.2) is 5.82 Å². The fraction of sp³-hybridized carbons (Fsp3) is 0.308. The molecule has 0 spiro atoms. The topological polar surface area (TPSA) is 62.7 Å². The number of halogens is 2. The van der Waals surface area contributed by atoms with Crippen LogP contribution in [0.3, 0.4) is 0 Å². The van der Waals surface area contributed by atoms with Gasteiger partial charge in [-0.25, -0.2) is 0 Å². The van der Waals surface area contributed by atoms with E-state index in [1.807, 2.05) is 20.8 Å². The van der Waals surface area contributed by atoms with Gasteiger partial charge in [-0.1, -0.05) is 23.2 Å². The largest absolute Gasteiger partial charge is 0.364 e. The van der Waals surface area contributed by atoms with Crippen LogP contribution in [0.15, 0.2) is 24.4 Å². The van der Waals surface area contributed by atoms with Gasteiger partial charge in [0.1, 0.15) is 0 Å². The van der Waals surface area contributed by atoms with Crippen molar-refractivity contribution in [1.29, 1.82) is 0 Å². The van der Waals surface area contributed by atoms with Crippen LogP contribution in [-0.4, -0.2) is 20.7 Å². The third-order valence-corrected chi connectivity index (χ3v) is 2.80. The van der Waals surface area contributed by atoms with Gasteiger partial charge >= 0.3 is 0 Å². The van der Waals surface area contributed by atoms with Gasteiger partial charge in [-0.05, 0) is 39.0 Å². The van der Waals surface area contributed by atoms with E-state index < -0.39 is 0 Å². The number of hydrogen-bond donors (Lipinski definition) is 2. The Morgan fingerprint density at radius 2 is 1.90 bits per heavy atom. The van der Waals surface area contributed by atoms with Crippen LogP contribution in [0, 0.1) is 0 Å². The minimum atomic E-state index is -0.110. The van der Waals surface area contributed by atoms with Gasteiger partial charge in [-0.15, -0.1) is 5.10 Å². The molecule has 0 aliphatic heterocycles. The lowest BCUT2D eigenvalue weighted by molar-refractivity contribution is 0.629. The Labute approximate surface area is 127 Å². The van der Waals surface area contributed by atoms with Crippen LogP contribution in [0.25, 0.3) is 0 Å². The van der Waals surface area contributed by atoms with E-state index in [-0.39, 0.29) is 5.54 Å². The zero-order valence-corrected chi connectivity index (χ0v) is 12.9. The molecule has 0 saturated carbocycles. The van der Waals surface area contributed by atoms with Crippen LogP contribution in [0.2, 0.25) is 10.0 Å². The summed E-state index contributed by atoms with van der Waals surface area (Å²) in [6.45, 7) is 6.11. The predicted octanol–water partition coefficient (Wildman–Crippen LogP) is 4.13. The zero-order chi connectivity index (χ0) is 14.8. The molecule has 0 bridgehead atoms. The Morgan fingerprint density at radius 1 is 1.15 bits per heavy atom. The summed E-state index contributed by atoms with van der Waals surface area (Å²) in [4.78, 5) is 4.33. The van der Waals surface area contributed by atoms with E-state index in [4.69, 9.17) is 23.2 Å². The molecule has 0 atom stereocenters. The van der Waals surface area contributed by atoms with Crippen molar-refractivity contribution in [2.45, 2.75) is 26.3 Å². The molecule has 0 saturated heterocycles. The maximum absolute atomic E-state index is 6.08. The van der Waals surface area contributed by atoms with Gasteiger partial charge < -0.3 is 10.6 Å². The normalized spacial score (nSPS) is 11.2. The highest BCUT2D eigenvalue weighted by Gasteiger charge is 2.11. The van der Waals surface area contributed by atoms with Gasteiger partial charge in [-0.2, -0.15) is 10.1 Å². The summed E-state index contributed by atoms with van der Waals surface area (Å²) in [7, 11) is 0. The second-order valence-corrected chi connectivity index (χ2v) is 6.13. The lowest BCUT2D eigenvalue weighted by Gasteiger charge is -2.20. The van der Waals surface area contributed by atoms with Crippen LogP contribution >= 0.6 is 23.2 Å². The van der Waals surface area contributed by atoms with E-state index in [0.717, 1.165) is 0 Å². The number of nitrogens with one attached hydrogen (secondary N) is 2. The standard InChI is InChI=1S/C13H15Cl2N5/c1-13(2,3)19-11-7-16-20-12(18-11)17-10-6-8(14)4-5-9(10)15/h4-7H,1-3H3,(H2,17,18,19,20). The lowest BCUT2D eigenvalue weighted by atomic mass is 10.1. The monoisotopic (exact) mass is 311 g/mol. The summed E-state index contributed by atoms with van der Waals surface area (Å²) in [6, 6.07) is 5.12. The lowest BCUT2D eigenvalue weighted by Crippen LogP contribution is -2.27. The highest BCUT2D eigenvalue weighted by Crippen LogP contribution is 2.27. The SMILES string of the molecule is CC(C)(C)Nc1cnnc(Nc2cc(Cl)ccc2Cl)n1. The van der Waals surface area contributed by atoms with Crippen molar-refractivity contribution in [2.24, 2.45) is 0 Å². The van der Waals surface area contributed by atoms with E-state index in [2.05, 4.69) is 25.8 Å². The third kappa shape index (κ3) is 4.21. The zero-order valence-electron chi connectivity index (χ0n) is 11.4. The summed E-state index contributed by atoms with van der Waals surface area (Å²) in [5.74, 6) is 0.983. The molecule has 2 aromatic rings. The molecule has 1 heterocycles. The average molecular weight is 312 g/mol. The molecule has 0 unspecified atom stereocenters. The summed E-state index contributed by atoms with van der Waals surface area (Å²) < 4.78 is 0. The molecule has 106 valence electrons. The van der Waals surface area contributed by atoms with E-state index in [1.165, 1.54) is 0 Å². The Balaban J connectivity index is 2.21. The molecule has 7 heteroatoms. The van der Waals surface area contributed by atoms with Crippen molar-refractivity contribution >= 4 is 40.7 Å².